The molecule has 0 aromatic heterocycles. The molecule has 1 N–H and O–H groups in total. The number of nitrogens with one attached hydrogen (secondary N) is 1. The standard InChI is InChI=1S/C14H21NOS/c1-12-4-2-5-13(10-12)15-7-9-17-11-14-6-3-8-16-14/h2,4-5,10,14-15H,3,6-9,11H2,1H3. The second kappa shape index (κ2) is 6.92. The van der Waals surface area contributed by atoms with Gasteiger partial charge in [0.15, 0.2) is 0 Å². The molecule has 2 nitrogen and oxygen atoms in total. The highest BCUT2D eigenvalue weighted by molar-refractivity contribution is 7.99. The third kappa shape index (κ3) is 4.60. The van der Waals surface area contributed by atoms with Crippen LogP contribution in [0.4, 0.5) is 5.69 Å². The topological polar surface area (TPSA) is 21.3 Å². The highest BCUT2D eigenvalue weighted by atomic mass is 32.2. The lowest BCUT2D eigenvalue weighted by atomic mass is 10.2. The normalized spacial score (nSPS) is 19.5. The van der Waals surface area contributed by atoms with E-state index >= 15 is 0 Å². The fourth-order valence-electron chi connectivity index (χ4n) is 2.01. The number of aryl methyl sites for hydroxylation is 1. The number of thioether (sulfide) groups is 1. The van der Waals surface area contributed by atoms with Crippen LogP contribution in [0.15, 0.2) is 24.3 Å². The second-order valence-electron chi connectivity index (χ2n) is 4.51. The van der Waals surface area contributed by atoms with Crippen LogP contribution >= 0.6 is 11.8 Å². The Labute approximate surface area is 108 Å². The van der Waals surface area contributed by atoms with Crippen molar-refractivity contribution in [1.82, 2.24) is 0 Å². The van der Waals surface area contributed by atoms with Crippen molar-refractivity contribution in [2.24, 2.45) is 0 Å². The molecule has 1 aromatic rings. The first-order valence-electron chi connectivity index (χ1n) is 6.34. The van der Waals surface area contributed by atoms with Crippen LogP contribution in [0.2, 0.25) is 0 Å². The summed E-state index contributed by atoms with van der Waals surface area (Å²) in [7, 11) is 0. The minimum atomic E-state index is 0.513. The van der Waals surface area contributed by atoms with Crippen molar-refractivity contribution < 1.29 is 4.74 Å². The summed E-state index contributed by atoms with van der Waals surface area (Å²) in [6, 6.07) is 8.52. The van der Waals surface area contributed by atoms with Crippen molar-refractivity contribution in [2.45, 2.75) is 25.9 Å². The van der Waals surface area contributed by atoms with Crippen LogP contribution < -0.4 is 5.32 Å². The number of ether oxygens (including phenoxy) is 1. The van der Waals surface area contributed by atoms with E-state index in [1.54, 1.807) is 0 Å². The first-order chi connectivity index (χ1) is 8.34. The maximum Gasteiger partial charge on any atom is 0.0666 e. The van der Waals surface area contributed by atoms with Crippen molar-refractivity contribution in [2.75, 3.05) is 30.0 Å². The van der Waals surface area contributed by atoms with Crippen LogP contribution in [-0.2, 0) is 4.74 Å². The molecule has 3 heteroatoms. The van der Waals surface area contributed by atoms with Crippen LogP contribution in [-0.4, -0.2) is 30.8 Å². The van der Waals surface area contributed by atoms with E-state index in [1.807, 2.05) is 11.8 Å². The second-order valence-corrected chi connectivity index (χ2v) is 5.66. The van der Waals surface area contributed by atoms with Gasteiger partial charge in [0.25, 0.3) is 0 Å². The third-order valence-corrected chi connectivity index (χ3v) is 4.02. The van der Waals surface area contributed by atoms with Crippen molar-refractivity contribution >= 4 is 17.4 Å². The minimum Gasteiger partial charge on any atom is -0.384 e. The van der Waals surface area contributed by atoms with Gasteiger partial charge in [-0.1, -0.05) is 12.1 Å². The van der Waals surface area contributed by atoms with Gasteiger partial charge in [0.2, 0.25) is 0 Å². The number of hydrogen-bond acceptors (Lipinski definition) is 3. The molecule has 1 aliphatic rings. The zero-order valence-corrected chi connectivity index (χ0v) is 11.3. The summed E-state index contributed by atoms with van der Waals surface area (Å²) in [5, 5.41) is 3.45. The molecule has 1 aliphatic heterocycles. The molecule has 0 amide bonds. The van der Waals surface area contributed by atoms with E-state index in [-0.39, 0.29) is 0 Å². The molecule has 1 heterocycles. The summed E-state index contributed by atoms with van der Waals surface area (Å²) >= 11 is 1.99. The Balaban J connectivity index is 1.56. The lowest BCUT2D eigenvalue weighted by Gasteiger charge is -2.10. The fraction of sp³-hybridized carbons (Fsp3) is 0.571. The third-order valence-electron chi connectivity index (χ3n) is 2.92. The summed E-state index contributed by atoms with van der Waals surface area (Å²) in [4.78, 5) is 0. The molecule has 1 unspecified atom stereocenters. The predicted octanol–water partition coefficient (Wildman–Crippen LogP) is 3.32. The molecule has 1 atom stereocenters. The first kappa shape index (κ1) is 12.8. The summed E-state index contributed by atoms with van der Waals surface area (Å²) in [5.41, 5.74) is 2.53. The molecule has 0 spiro atoms. The predicted molar refractivity (Wildman–Crippen MR) is 76.0 cm³/mol. The number of hydrogen-bond donors (Lipinski definition) is 1. The van der Waals surface area contributed by atoms with Gasteiger partial charge in [0, 0.05) is 30.3 Å². The van der Waals surface area contributed by atoms with E-state index in [1.165, 1.54) is 24.1 Å². The maximum absolute atomic E-state index is 5.59. The maximum atomic E-state index is 5.59. The Morgan fingerprint density at radius 2 is 2.41 bits per heavy atom. The molecule has 1 aromatic carbocycles. The number of rotatable bonds is 6. The molecule has 0 saturated carbocycles. The SMILES string of the molecule is Cc1cccc(NCCSCC2CCCO2)c1. The minimum absolute atomic E-state index is 0.513. The lowest BCUT2D eigenvalue weighted by molar-refractivity contribution is 0.129. The molecule has 0 aliphatic carbocycles. The summed E-state index contributed by atoms with van der Waals surface area (Å²) in [5.74, 6) is 2.29. The zero-order chi connectivity index (χ0) is 11.9. The van der Waals surface area contributed by atoms with E-state index in [4.69, 9.17) is 4.74 Å². The van der Waals surface area contributed by atoms with Gasteiger partial charge < -0.3 is 10.1 Å². The number of anilines is 1. The average molecular weight is 251 g/mol. The van der Waals surface area contributed by atoms with Crippen LogP contribution in [0, 0.1) is 6.92 Å². The zero-order valence-electron chi connectivity index (χ0n) is 10.4. The molecule has 0 radical (unpaired) electrons. The summed E-state index contributed by atoms with van der Waals surface area (Å²) < 4.78 is 5.59. The average Bonchev–Trinajstić information content (AvgIpc) is 2.82. The Morgan fingerprint density at radius 3 is 3.18 bits per heavy atom. The molecular weight excluding hydrogens is 230 g/mol. The largest absolute Gasteiger partial charge is 0.384 e. The van der Waals surface area contributed by atoms with Crippen LogP contribution in [0.3, 0.4) is 0 Å². The Hall–Kier alpha value is -0.670. The highest BCUT2D eigenvalue weighted by Crippen LogP contribution is 2.17. The Bertz CT molecular complexity index is 337. The van der Waals surface area contributed by atoms with Crippen LogP contribution in [0.25, 0.3) is 0 Å². The molecule has 17 heavy (non-hydrogen) atoms. The van der Waals surface area contributed by atoms with Crippen molar-refractivity contribution in [3.05, 3.63) is 29.8 Å². The molecule has 1 fully saturated rings. The van der Waals surface area contributed by atoms with E-state index in [0.717, 1.165) is 24.7 Å². The Kier molecular flexibility index (Phi) is 5.20. The summed E-state index contributed by atoms with van der Waals surface area (Å²) in [6.45, 7) is 4.12. The van der Waals surface area contributed by atoms with Crippen molar-refractivity contribution in [3.8, 4) is 0 Å². The van der Waals surface area contributed by atoms with E-state index in [9.17, 15) is 0 Å². The van der Waals surface area contributed by atoms with Crippen molar-refractivity contribution in [1.29, 1.82) is 0 Å². The van der Waals surface area contributed by atoms with E-state index < -0.39 is 0 Å². The van der Waals surface area contributed by atoms with E-state index in [0.29, 0.717) is 6.10 Å². The monoisotopic (exact) mass is 251 g/mol. The lowest BCUT2D eigenvalue weighted by Crippen LogP contribution is -2.11. The van der Waals surface area contributed by atoms with Crippen molar-refractivity contribution in [3.63, 3.8) is 0 Å². The number of benzene rings is 1. The highest BCUT2D eigenvalue weighted by Gasteiger charge is 2.14. The van der Waals surface area contributed by atoms with Gasteiger partial charge in [-0.2, -0.15) is 11.8 Å². The van der Waals surface area contributed by atoms with Gasteiger partial charge in [-0.05, 0) is 37.5 Å². The quantitative estimate of drug-likeness (QED) is 0.784. The Morgan fingerprint density at radius 1 is 1.47 bits per heavy atom. The van der Waals surface area contributed by atoms with Gasteiger partial charge >= 0.3 is 0 Å². The fourth-order valence-corrected chi connectivity index (χ4v) is 2.95. The molecule has 2 rings (SSSR count). The molecule has 0 bridgehead atoms. The smallest absolute Gasteiger partial charge is 0.0666 e. The van der Waals surface area contributed by atoms with Gasteiger partial charge in [-0.25, -0.2) is 0 Å². The van der Waals surface area contributed by atoms with Gasteiger partial charge in [0.1, 0.15) is 0 Å². The van der Waals surface area contributed by atoms with E-state index in [2.05, 4.69) is 36.5 Å². The summed E-state index contributed by atoms with van der Waals surface area (Å²) in [6.07, 6.45) is 3.00. The first-order valence-corrected chi connectivity index (χ1v) is 7.50. The van der Waals surface area contributed by atoms with Gasteiger partial charge in [0.05, 0.1) is 6.10 Å². The van der Waals surface area contributed by atoms with Gasteiger partial charge in [-0.15, -0.1) is 0 Å². The van der Waals surface area contributed by atoms with Gasteiger partial charge in [-0.3, -0.25) is 0 Å². The van der Waals surface area contributed by atoms with Crippen LogP contribution in [0.1, 0.15) is 18.4 Å². The van der Waals surface area contributed by atoms with Crippen LogP contribution in [0.5, 0.6) is 0 Å². The molecular formula is C14H21NOS. The molecule has 94 valence electrons. The molecule has 1 saturated heterocycles.